The van der Waals surface area contributed by atoms with Gasteiger partial charge in [0.05, 0.1) is 19.1 Å². The fraction of sp³-hybridized carbons (Fsp3) is 0.381. The summed E-state index contributed by atoms with van der Waals surface area (Å²) in [6.07, 6.45) is 3.37. The van der Waals surface area contributed by atoms with E-state index in [1.807, 2.05) is 24.3 Å². The van der Waals surface area contributed by atoms with Crippen molar-refractivity contribution in [3.05, 3.63) is 59.1 Å². The number of nitrogens with one attached hydrogen (secondary N) is 1. The van der Waals surface area contributed by atoms with Crippen LogP contribution in [0, 0.1) is 0 Å². The third-order valence-corrected chi connectivity index (χ3v) is 5.97. The molecule has 1 N–H and O–H groups in total. The number of benzene rings is 2. The molecule has 1 amide bonds. The number of nitrogens with zero attached hydrogens (tertiary/aromatic N) is 1. The summed E-state index contributed by atoms with van der Waals surface area (Å²) in [5, 5.41) is 3.60. The number of ether oxygens (including phenoxy) is 1. The van der Waals surface area contributed by atoms with Crippen LogP contribution in [0.25, 0.3) is 0 Å². The number of para-hydroxylation sites is 2. The van der Waals surface area contributed by atoms with Crippen molar-refractivity contribution in [1.82, 2.24) is 5.32 Å². The van der Waals surface area contributed by atoms with Gasteiger partial charge in [-0.2, -0.15) is 0 Å². The summed E-state index contributed by atoms with van der Waals surface area (Å²) in [5.41, 5.74) is 1.53. The van der Waals surface area contributed by atoms with Gasteiger partial charge in [0.15, 0.2) is 0 Å². The first-order valence-electron chi connectivity index (χ1n) is 9.43. The summed E-state index contributed by atoms with van der Waals surface area (Å²) in [5.74, 6) is 0.375. The highest BCUT2D eigenvalue weighted by Gasteiger charge is 2.20. The zero-order valence-corrected chi connectivity index (χ0v) is 18.3. The topological polar surface area (TPSA) is 75.7 Å². The lowest BCUT2D eigenvalue weighted by Crippen LogP contribution is -2.32. The average molecular weight is 439 g/mol. The molecule has 0 bridgehead atoms. The number of methoxy groups -OCH3 is 1. The van der Waals surface area contributed by atoms with Crippen LogP contribution in [0.3, 0.4) is 0 Å². The maximum absolute atomic E-state index is 12.2. The van der Waals surface area contributed by atoms with Crippen LogP contribution < -0.4 is 14.4 Å². The largest absolute Gasteiger partial charge is 0.495 e. The summed E-state index contributed by atoms with van der Waals surface area (Å²) >= 11 is 6.12. The van der Waals surface area contributed by atoms with Gasteiger partial charge in [-0.05, 0) is 43.0 Å². The van der Waals surface area contributed by atoms with Crippen molar-refractivity contribution in [2.75, 3.05) is 30.8 Å². The van der Waals surface area contributed by atoms with Crippen molar-refractivity contribution in [1.29, 1.82) is 0 Å². The normalized spacial score (nSPS) is 11.1. The molecule has 2 aromatic carbocycles. The number of hydrogen-bond acceptors (Lipinski definition) is 4. The third kappa shape index (κ3) is 7.25. The van der Waals surface area contributed by atoms with E-state index in [1.165, 1.54) is 11.4 Å². The molecule has 0 saturated carbocycles. The summed E-state index contributed by atoms with van der Waals surface area (Å²) in [6.45, 7) is 0.749. The molecule has 0 spiro atoms. The Balaban J connectivity index is 1.80. The highest BCUT2D eigenvalue weighted by molar-refractivity contribution is 7.92. The lowest BCUT2D eigenvalue weighted by molar-refractivity contribution is -0.121. The Kier molecular flexibility index (Phi) is 8.79. The number of rotatable bonds is 11. The van der Waals surface area contributed by atoms with E-state index in [9.17, 15) is 13.2 Å². The second-order valence-corrected chi connectivity index (χ2v) is 8.97. The van der Waals surface area contributed by atoms with E-state index in [0.29, 0.717) is 24.4 Å². The van der Waals surface area contributed by atoms with Gasteiger partial charge in [-0.1, -0.05) is 41.9 Å². The van der Waals surface area contributed by atoms with Gasteiger partial charge in [0, 0.05) is 24.5 Å². The van der Waals surface area contributed by atoms with E-state index in [2.05, 4.69) is 5.32 Å². The molecule has 0 atom stereocenters. The van der Waals surface area contributed by atoms with Crippen LogP contribution in [0.2, 0.25) is 5.02 Å². The Hall–Kier alpha value is -2.25. The van der Waals surface area contributed by atoms with Crippen molar-refractivity contribution in [3.8, 4) is 5.75 Å². The Morgan fingerprint density at radius 2 is 1.79 bits per heavy atom. The average Bonchev–Trinajstić information content (AvgIpc) is 2.69. The van der Waals surface area contributed by atoms with E-state index in [1.54, 1.807) is 24.3 Å². The molecular weight excluding hydrogens is 412 g/mol. The first-order chi connectivity index (χ1) is 13.8. The molecule has 158 valence electrons. The van der Waals surface area contributed by atoms with Gasteiger partial charge in [0.1, 0.15) is 5.75 Å². The molecule has 8 heteroatoms. The molecule has 0 fully saturated rings. The van der Waals surface area contributed by atoms with E-state index >= 15 is 0 Å². The Morgan fingerprint density at radius 1 is 1.10 bits per heavy atom. The number of sulfonamides is 1. The van der Waals surface area contributed by atoms with E-state index in [4.69, 9.17) is 16.3 Å². The fourth-order valence-electron chi connectivity index (χ4n) is 2.98. The van der Waals surface area contributed by atoms with Crippen molar-refractivity contribution < 1.29 is 17.9 Å². The summed E-state index contributed by atoms with van der Waals surface area (Å²) in [4.78, 5) is 12.1. The number of anilines is 1. The first-order valence-corrected chi connectivity index (χ1v) is 11.7. The number of carbonyl (C=O) groups is 1. The molecule has 0 saturated heterocycles. The minimum absolute atomic E-state index is 0.0994. The standard InChI is InChI=1S/C21H27ClN2O4S/c1-28-20-13-6-5-12-19(20)24(29(2,26)27)16-8-14-21(25)23-15-7-10-17-9-3-4-11-18(17)22/h3-6,9,11-13H,7-8,10,14-16H2,1-2H3,(H,23,25). The second kappa shape index (κ2) is 11.1. The lowest BCUT2D eigenvalue weighted by Gasteiger charge is -2.24. The van der Waals surface area contributed by atoms with Gasteiger partial charge in [-0.25, -0.2) is 8.42 Å². The van der Waals surface area contributed by atoms with Gasteiger partial charge in [-0.15, -0.1) is 0 Å². The molecule has 0 aromatic heterocycles. The summed E-state index contributed by atoms with van der Waals surface area (Å²) in [7, 11) is -2.00. The van der Waals surface area contributed by atoms with Crippen molar-refractivity contribution in [2.45, 2.75) is 25.7 Å². The number of aryl methyl sites for hydroxylation is 1. The van der Waals surface area contributed by atoms with Gasteiger partial charge >= 0.3 is 0 Å². The van der Waals surface area contributed by atoms with Crippen molar-refractivity contribution in [2.24, 2.45) is 0 Å². The van der Waals surface area contributed by atoms with Crippen LogP contribution in [0.1, 0.15) is 24.8 Å². The Bertz CT molecular complexity index is 918. The Morgan fingerprint density at radius 3 is 2.48 bits per heavy atom. The number of amides is 1. The second-order valence-electron chi connectivity index (χ2n) is 6.66. The molecule has 29 heavy (non-hydrogen) atoms. The highest BCUT2D eigenvalue weighted by atomic mass is 35.5. The van der Waals surface area contributed by atoms with Crippen molar-refractivity contribution >= 4 is 33.2 Å². The molecular formula is C21H27ClN2O4S. The quantitative estimate of drug-likeness (QED) is 0.543. The molecule has 0 unspecified atom stereocenters. The molecule has 6 nitrogen and oxygen atoms in total. The van der Waals surface area contributed by atoms with Gasteiger partial charge in [0.25, 0.3) is 0 Å². The fourth-order valence-corrected chi connectivity index (χ4v) is 4.18. The van der Waals surface area contributed by atoms with Crippen LogP contribution in [0.5, 0.6) is 5.75 Å². The maximum atomic E-state index is 12.2. The Labute approximate surface area is 177 Å². The highest BCUT2D eigenvalue weighted by Crippen LogP contribution is 2.29. The molecule has 2 rings (SSSR count). The molecule has 2 aromatic rings. The van der Waals surface area contributed by atoms with Crippen LogP contribution in [-0.2, 0) is 21.2 Å². The number of hydrogen-bond donors (Lipinski definition) is 1. The SMILES string of the molecule is COc1ccccc1N(CCCC(=O)NCCCc1ccccc1Cl)S(C)(=O)=O. The molecule has 0 radical (unpaired) electrons. The molecule has 0 heterocycles. The zero-order chi connectivity index (χ0) is 21.3. The van der Waals surface area contributed by atoms with Crippen molar-refractivity contribution in [3.63, 3.8) is 0 Å². The smallest absolute Gasteiger partial charge is 0.232 e. The van der Waals surface area contributed by atoms with Crippen LogP contribution in [0.15, 0.2) is 48.5 Å². The third-order valence-electron chi connectivity index (χ3n) is 4.42. The summed E-state index contributed by atoms with van der Waals surface area (Å²) in [6, 6.07) is 14.6. The predicted molar refractivity (Wildman–Crippen MR) is 117 cm³/mol. The van der Waals surface area contributed by atoms with Crippen LogP contribution in [0.4, 0.5) is 5.69 Å². The number of carbonyl (C=O) groups excluding carboxylic acids is 1. The summed E-state index contributed by atoms with van der Waals surface area (Å²) < 4.78 is 31.0. The van der Waals surface area contributed by atoms with Gasteiger partial charge in [-0.3, -0.25) is 9.10 Å². The minimum Gasteiger partial charge on any atom is -0.495 e. The maximum Gasteiger partial charge on any atom is 0.232 e. The molecule has 0 aliphatic carbocycles. The number of halogens is 1. The predicted octanol–water partition coefficient (Wildman–Crippen LogP) is 3.64. The molecule has 0 aliphatic rings. The van der Waals surface area contributed by atoms with E-state index in [-0.39, 0.29) is 18.9 Å². The molecule has 0 aliphatic heterocycles. The van der Waals surface area contributed by atoms with Gasteiger partial charge in [0.2, 0.25) is 15.9 Å². The monoisotopic (exact) mass is 438 g/mol. The van der Waals surface area contributed by atoms with Crippen LogP contribution >= 0.6 is 11.6 Å². The van der Waals surface area contributed by atoms with E-state index < -0.39 is 10.0 Å². The zero-order valence-electron chi connectivity index (χ0n) is 16.7. The lowest BCUT2D eigenvalue weighted by atomic mass is 10.1. The van der Waals surface area contributed by atoms with Crippen LogP contribution in [-0.4, -0.2) is 40.8 Å². The van der Waals surface area contributed by atoms with Gasteiger partial charge < -0.3 is 10.1 Å². The van der Waals surface area contributed by atoms with E-state index in [0.717, 1.165) is 29.7 Å². The first kappa shape index (κ1) is 23.0. The minimum atomic E-state index is -3.50.